The number of nitrogens with zero attached hydrogens (tertiary/aromatic N) is 1. The van der Waals surface area contributed by atoms with Crippen LogP contribution in [0.2, 0.25) is 0 Å². The predicted molar refractivity (Wildman–Crippen MR) is 131 cm³/mol. The number of methoxy groups -OCH3 is 1. The van der Waals surface area contributed by atoms with Gasteiger partial charge >= 0.3 is 13.2 Å². The van der Waals surface area contributed by atoms with E-state index in [9.17, 15) is 9.59 Å². The molecule has 2 aliphatic rings. The van der Waals surface area contributed by atoms with E-state index in [0.29, 0.717) is 18.8 Å². The molecule has 2 saturated heterocycles. The molecule has 9 heteroatoms. The molecule has 1 atom stereocenters. The highest BCUT2D eigenvalue weighted by atomic mass is 16.7. The number of piperidine rings is 1. The van der Waals surface area contributed by atoms with Crippen molar-refractivity contribution in [3.63, 3.8) is 0 Å². The maximum Gasteiger partial charge on any atom is 0.494 e. The summed E-state index contributed by atoms with van der Waals surface area (Å²) in [7, 11) is 1.07. The van der Waals surface area contributed by atoms with Crippen LogP contribution in [0.5, 0.6) is 5.75 Å². The number of hydrogen-bond acceptors (Lipinski definition) is 6. The van der Waals surface area contributed by atoms with E-state index in [1.807, 2.05) is 66.7 Å². The third-order valence-electron chi connectivity index (χ3n) is 6.62. The van der Waals surface area contributed by atoms with Gasteiger partial charge in [-0.2, -0.15) is 0 Å². The van der Waals surface area contributed by atoms with Gasteiger partial charge in [-0.05, 0) is 72.8 Å². The normalized spacial score (nSPS) is 21.8. The Kier molecular flexibility index (Phi) is 7.58. The first-order chi connectivity index (χ1) is 15.7. The van der Waals surface area contributed by atoms with Gasteiger partial charge in [0.15, 0.2) is 0 Å². The minimum absolute atomic E-state index is 0.119. The lowest BCUT2D eigenvalue weighted by Gasteiger charge is -2.34. The maximum absolute atomic E-state index is 12.9. The van der Waals surface area contributed by atoms with Crippen LogP contribution in [0.4, 0.5) is 4.79 Å². The van der Waals surface area contributed by atoms with E-state index < -0.39 is 23.9 Å². The summed E-state index contributed by atoms with van der Waals surface area (Å²) in [6, 6.07) is 5.54. The molecule has 0 unspecified atom stereocenters. The van der Waals surface area contributed by atoms with Crippen molar-refractivity contribution in [2.75, 3.05) is 20.2 Å². The SMILES string of the molecule is COc1ccc(B2OC(C)(C)C(C)(C)O2)cc1CC(=O)N[C@H]1CCCN(C(=O)OC(C)(C)C)C1. The summed E-state index contributed by atoms with van der Waals surface area (Å²) in [5, 5.41) is 3.08. The van der Waals surface area contributed by atoms with Crippen LogP contribution in [0.15, 0.2) is 18.2 Å². The van der Waals surface area contributed by atoms with Crippen LogP contribution in [-0.4, -0.2) is 67.1 Å². The van der Waals surface area contributed by atoms with E-state index >= 15 is 0 Å². The number of hydrogen-bond donors (Lipinski definition) is 1. The summed E-state index contributed by atoms with van der Waals surface area (Å²) in [6.07, 6.45) is 1.43. The summed E-state index contributed by atoms with van der Waals surface area (Å²) < 4.78 is 23.3. The maximum atomic E-state index is 12.9. The highest BCUT2D eigenvalue weighted by Crippen LogP contribution is 2.36. The van der Waals surface area contributed by atoms with Gasteiger partial charge in [0, 0.05) is 24.7 Å². The molecule has 34 heavy (non-hydrogen) atoms. The number of rotatable bonds is 5. The van der Waals surface area contributed by atoms with Crippen molar-refractivity contribution in [2.45, 2.75) is 90.6 Å². The zero-order chi connectivity index (χ0) is 25.3. The van der Waals surface area contributed by atoms with Gasteiger partial charge in [-0.25, -0.2) is 4.79 Å². The van der Waals surface area contributed by atoms with E-state index in [2.05, 4.69) is 5.32 Å². The molecule has 0 saturated carbocycles. The third-order valence-corrected chi connectivity index (χ3v) is 6.62. The van der Waals surface area contributed by atoms with Gasteiger partial charge in [-0.1, -0.05) is 12.1 Å². The largest absolute Gasteiger partial charge is 0.496 e. The third kappa shape index (κ3) is 6.24. The van der Waals surface area contributed by atoms with Crippen LogP contribution in [0.3, 0.4) is 0 Å². The molecule has 1 N–H and O–H groups in total. The van der Waals surface area contributed by atoms with Crippen molar-refractivity contribution in [2.24, 2.45) is 0 Å². The monoisotopic (exact) mass is 474 g/mol. The minimum Gasteiger partial charge on any atom is -0.496 e. The number of nitrogens with one attached hydrogen (secondary N) is 1. The molecule has 2 fully saturated rings. The second-order valence-electron chi connectivity index (χ2n) is 11.2. The molecule has 2 heterocycles. The van der Waals surface area contributed by atoms with Crippen molar-refractivity contribution in [1.29, 1.82) is 0 Å². The molecule has 188 valence electrons. The highest BCUT2D eigenvalue weighted by molar-refractivity contribution is 6.62. The zero-order valence-corrected chi connectivity index (χ0v) is 21.8. The molecule has 2 aliphatic heterocycles. The van der Waals surface area contributed by atoms with Gasteiger partial charge < -0.3 is 29.0 Å². The molecule has 0 spiro atoms. The van der Waals surface area contributed by atoms with Crippen molar-refractivity contribution in [1.82, 2.24) is 10.2 Å². The second-order valence-corrected chi connectivity index (χ2v) is 11.2. The standard InChI is InChI=1S/C25H39BN2O6/c1-23(2,3)32-22(30)28-13-9-10-19(16-28)27-21(29)15-17-14-18(11-12-20(17)31-8)26-33-24(4,5)25(6,7)34-26/h11-12,14,19H,9-10,13,15-16H2,1-8H3,(H,27,29)/t19-/m0/s1. The highest BCUT2D eigenvalue weighted by Gasteiger charge is 2.51. The number of benzene rings is 1. The van der Waals surface area contributed by atoms with Gasteiger partial charge in [-0.3, -0.25) is 4.79 Å². The Hall–Kier alpha value is -2.26. The number of amides is 2. The van der Waals surface area contributed by atoms with Crippen LogP contribution in [0.25, 0.3) is 0 Å². The van der Waals surface area contributed by atoms with Gasteiger partial charge in [0.05, 0.1) is 24.7 Å². The molecule has 0 aliphatic carbocycles. The number of likely N-dealkylation sites (tertiary alicyclic amines) is 1. The summed E-state index contributed by atoms with van der Waals surface area (Å²) >= 11 is 0. The van der Waals surface area contributed by atoms with Crippen LogP contribution in [-0.2, 0) is 25.3 Å². The van der Waals surface area contributed by atoms with Gasteiger partial charge in [0.1, 0.15) is 11.4 Å². The second kappa shape index (κ2) is 9.78. The van der Waals surface area contributed by atoms with Gasteiger partial charge in [-0.15, -0.1) is 0 Å². The molecule has 0 radical (unpaired) electrons. The Morgan fingerprint density at radius 1 is 1.18 bits per heavy atom. The van der Waals surface area contributed by atoms with Crippen molar-refractivity contribution >= 4 is 24.6 Å². The van der Waals surface area contributed by atoms with Crippen molar-refractivity contribution < 1.29 is 28.4 Å². The smallest absolute Gasteiger partial charge is 0.494 e. The minimum atomic E-state index is -0.550. The zero-order valence-electron chi connectivity index (χ0n) is 21.8. The Morgan fingerprint density at radius 2 is 1.82 bits per heavy atom. The molecule has 2 amide bonds. The summed E-state index contributed by atoms with van der Waals surface area (Å²) in [4.78, 5) is 27.0. The van der Waals surface area contributed by atoms with Crippen LogP contribution < -0.4 is 15.5 Å². The average molecular weight is 474 g/mol. The molecule has 0 bridgehead atoms. The van der Waals surface area contributed by atoms with E-state index in [4.69, 9.17) is 18.8 Å². The quantitative estimate of drug-likeness (QED) is 0.661. The lowest BCUT2D eigenvalue weighted by atomic mass is 9.78. The fraction of sp³-hybridized carbons (Fsp3) is 0.680. The Balaban J connectivity index is 1.65. The molecule has 0 aromatic heterocycles. The van der Waals surface area contributed by atoms with E-state index in [1.54, 1.807) is 12.0 Å². The summed E-state index contributed by atoms with van der Waals surface area (Å²) in [5.74, 6) is 0.509. The van der Waals surface area contributed by atoms with Gasteiger partial charge in [0.2, 0.25) is 5.91 Å². The molecule has 1 aromatic rings. The van der Waals surface area contributed by atoms with Gasteiger partial charge in [0.25, 0.3) is 0 Å². The van der Waals surface area contributed by atoms with Crippen molar-refractivity contribution in [3.05, 3.63) is 23.8 Å². The lowest BCUT2D eigenvalue weighted by molar-refractivity contribution is -0.121. The first-order valence-electron chi connectivity index (χ1n) is 12.0. The Morgan fingerprint density at radius 3 is 2.41 bits per heavy atom. The number of carbonyl (C=O) groups excluding carboxylic acids is 2. The average Bonchev–Trinajstić information content (AvgIpc) is 2.94. The molecular weight excluding hydrogens is 435 g/mol. The van der Waals surface area contributed by atoms with E-state index in [1.165, 1.54) is 0 Å². The Bertz CT molecular complexity index is 895. The molecule has 8 nitrogen and oxygen atoms in total. The topological polar surface area (TPSA) is 86.3 Å². The first-order valence-corrected chi connectivity index (χ1v) is 12.0. The summed E-state index contributed by atoms with van der Waals surface area (Å²) in [5.41, 5.74) is 0.154. The van der Waals surface area contributed by atoms with E-state index in [-0.39, 0.29) is 24.5 Å². The van der Waals surface area contributed by atoms with Crippen LogP contribution in [0, 0.1) is 0 Å². The molecular formula is C25H39BN2O6. The number of carbonyl (C=O) groups is 2. The predicted octanol–water partition coefficient (Wildman–Crippen LogP) is 3.05. The lowest BCUT2D eigenvalue weighted by Crippen LogP contribution is -2.51. The molecule has 1 aromatic carbocycles. The molecule has 3 rings (SSSR count). The first kappa shape index (κ1) is 26.4. The van der Waals surface area contributed by atoms with Crippen LogP contribution in [0.1, 0.15) is 66.9 Å². The fourth-order valence-electron chi connectivity index (χ4n) is 4.10. The summed E-state index contributed by atoms with van der Waals surface area (Å²) in [6.45, 7) is 14.6. The number of ether oxygens (including phenoxy) is 2. The van der Waals surface area contributed by atoms with Crippen molar-refractivity contribution in [3.8, 4) is 5.75 Å². The van der Waals surface area contributed by atoms with E-state index in [0.717, 1.165) is 23.9 Å². The fourth-order valence-corrected chi connectivity index (χ4v) is 4.10. The van der Waals surface area contributed by atoms with Crippen LogP contribution >= 0.6 is 0 Å². The Labute approximate surface area is 203 Å².